The molecule has 0 heterocycles. The molecule has 0 aromatic heterocycles. The van der Waals surface area contributed by atoms with E-state index in [1.807, 2.05) is 0 Å². The van der Waals surface area contributed by atoms with Crippen LogP contribution in [0, 0.1) is 0 Å². The molecule has 0 saturated carbocycles. The summed E-state index contributed by atoms with van der Waals surface area (Å²) in [7, 11) is -1.23. The molecule has 2 atom stereocenters. The third-order valence-electron chi connectivity index (χ3n) is 1.08. The topological polar surface area (TPSA) is 83.5 Å². The Bertz CT molecular complexity index is 200. The van der Waals surface area contributed by atoms with Gasteiger partial charge in [-0.2, -0.15) is 0 Å². The van der Waals surface area contributed by atoms with Gasteiger partial charge in [0.2, 0.25) is 5.91 Å². The van der Waals surface area contributed by atoms with E-state index in [9.17, 15) is 13.8 Å². The van der Waals surface area contributed by atoms with Gasteiger partial charge >= 0.3 is 5.97 Å². The second-order valence-electron chi connectivity index (χ2n) is 2.33. The Balaban J connectivity index is 4.14. The number of hydrogen-bond acceptors (Lipinski definition) is 3. The molecule has 12 heavy (non-hydrogen) atoms. The highest BCUT2D eigenvalue weighted by atomic mass is 32.2. The van der Waals surface area contributed by atoms with Crippen molar-refractivity contribution >= 4 is 22.7 Å². The average Bonchev–Trinajstić information content (AvgIpc) is 1.83. The summed E-state index contributed by atoms with van der Waals surface area (Å²) in [5, 5.41) is 10.7. The molecule has 0 radical (unpaired) electrons. The largest absolute Gasteiger partial charge is 0.480 e. The molecule has 0 fully saturated rings. The molecule has 0 saturated heterocycles. The van der Waals surface area contributed by atoms with Gasteiger partial charge in [-0.25, -0.2) is 4.79 Å². The van der Waals surface area contributed by atoms with Crippen LogP contribution in [0.3, 0.4) is 0 Å². The lowest BCUT2D eigenvalue weighted by molar-refractivity contribution is -0.140. The molecular weight excluding hydrogens is 182 g/mol. The smallest absolute Gasteiger partial charge is 0.327 e. The zero-order valence-electron chi connectivity index (χ0n) is 6.86. The summed E-state index contributed by atoms with van der Waals surface area (Å²) < 4.78 is 10.6. The highest BCUT2D eigenvalue weighted by molar-refractivity contribution is 7.84. The van der Waals surface area contributed by atoms with Crippen molar-refractivity contribution in [2.45, 2.75) is 13.0 Å². The average molecular weight is 193 g/mol. The molecule has 0 bridgehead atoms. The fourth-order valence-electron chi connectivity index (χ4n) is 0.655. The standard InChI is InChI=1S/C6H11NO4S/c1-4(8)7-5(6(9)10)3-12(2)11/h5H,3H2,1-2H3,(H,7,8)(H,9,10)/t5-,12?/m0/s1. The minimum Gasteiger partial charge on any atom is -0.480 e. The Morgan fingerprint density at radius 2 is 2.08 bits per heavy atom. The first-order chi connectivity index (χ1) is 5.43. The normalized spacial score (nSPS) is 14.8. The molecule has 0 aromatic carbocycles. The van der Waals surface area contributed by atoms with Crippen LogP contribution in [-0.2, 0) is 20.4 Å². The second kappa shape index (κ2) is 4.87. The van der Waals surface area contributed by atoms with E-state index >= 15 is 0 Å². The SMILES string of the molecule is CC(=O)N[C@@H](CS(C)=O)C(=O)O. The van der Waals surface area contributed by atoms with Crippen molar-refractivity contribution in [2.24, 2.45) is 0 Å². The number of carbonyl (C=O) groups excluding carboxylic acids is 1. The maximum Gasteiger partial charge on any atom is 0.327 e. The summed E-state index contributed by atoms with van der Waals surface area (Å²) in [5.74, 6) is -1.66. The number of rotatable bonds is 4. The van der Waals surface area contributed by atoms with Crippen molar-refractivity contribution in [3.8, 4) is 0 Å². The van der Waals surface area contributed by atoms with Crippen molar-refractivity contribution in [1.82, 2.24) is 5.32 Å². The maximum absolute atomic E-state index is 10.6. The molecule has 5 nitrogen and oxygen atoms in total. The van der Waals surface area contributed by atoms with Gasteiger partial charge in [-0.1, -0.05) is 0 Å². The molecule has 70 valence electrons. The van der Waals surface area contributed by atoms with Crippen LogP contribution in [0.1, 0.15) is 6.92 Å². The Morgan fingerprint density at radius 3 is 2.33 bits per heavy atom. The highest BCUT2D eigenvalue weighted by Gasteiger charge is 2.19. The molecule has 0 aliphatic heterocycles. The lowest BCUT2D eigenvalue weighted by Crippen LogP contribution is -2.43. The van der Waals surface area contributed by atoms with Crippen LogP contribution in [0.2, 0.25) is 0 Å². The minimum atomic E-state index is -1.23. The minimum absolute atomic E-state index is 0.0606. The van der Waals surface area contributed by atoms with Crippen molar-refractivity contribution in [2.75, 3.05) is 12.0 Å². The monoisotopic (exact) mass is 193 g/mol. The van der Waals surface area contributed by atoms with Gasteiger partial charge in [0.25, 0.3) is 0 Å². The van der Waals surface area contributed by atoms with Crippen molar-refractivity contribution in [3.63, 3.8) is 0 Å². The van der Waals surface area contributed by atoms with Gasteiger partial charge in [-0.05, 0) is 0 Å². The molecule has 2 N–H and O–H groups in total. The molecule has 0 aliphatic carbocycles. The lowest BCUT2D eigenvalue weighted by atomic mass is 10.3. The van der Waals surface area contributed by atoms with Crippen LogP contribution < -0.4 is 5.32 Å². The summed E-state index contributed by atoms with van der Waals surface area (Å²) in [4.78, 5) is 20.9. The summed E-state index contributed by atoms with van der Waals surface area (Å²) in [5.41, 5.74) is 0. The second-order valence-corrected chi connectivity index (χ2v) is 3.81. The summed E-state index contributed by atoms with van der Waals surface area (Å²) in [6, 6.07) is -1.05. The number of carbonyl (C=O) groups is 2. The van der Waals surface area contributed by atoms with Crippen LogP contribution in [0.5, 0.6) is 0 Å². The Hall–Kier alpha value is -0.910. The fourth-order valence-corrected chi connectivity index (χ4v) is 1.35. The van der Waals surface area contributed by atoms with Crippen LogP contribution in [0.25, 0.3) is 0 Å². The van der Waals surface area contributed by atoms with Gasteiger partial charge < -0.3 is 10.4 Å². The van der Waals surface area contributed by atoms with Crippen LogP contribution >= 0.6 is 0 Å². The first kappa shape index (κ1) is 11.1. The summed E-state index contributed by atoms with van der Waals surface area (Å²) in [6.45, 7) is 1.22. The van der Waals surface area contributed by atoms with Gasteiger partial charge in [0.05, 0.1) is 5.75 Å². The molecular formula is C6H11NO4S. The predicted molar refractivity (Wildman–Crippen MR) is 44.2 cm³/mol. The van der Waals surface area contributed by atoms with E-state index in [0.29, 0.717) is 0 Å². The van der Waals surface area contributed by atoms with Gasteiger partial charge in [-0.15, -0.1) is 0 Å². The van der Waals surface area contributed by atoms with Crippen molar-refractivity contribution in [3.05, 3.63) is 0 Å². The van der Waals surface area contributed by atoms with Crippen LogP contribution in [0.15, 0.2) is 0 Å². The van der Waals surface area contributed by atoms with E-state index in [4.69, 9.17) is 5.11 Å². The van der Waals surface area contributed by atoms with Gasteiger partial charge in [0.1, 0.15) is 6.04 Å². The van der Waals surface area contributed by atoms with Crippen molar-refractivity contribution < 1.29 is 18.9 Å². The Labute approximate surface area is 72.6 Å². The van der Waals surface area contributed by atoms with Gasteiger partial charge in [0.15, 0.2) is 0 Å². The van der Waals surface area contributed by atoms with E-state index in [-0.39, 0.29) is 5.75 Å². The fraction of sp³-hybridized carbons (Fsp3) is 0.667. The number of carboxylic acid groups (broad SMARTS) is 1. The first-order valence-corrected chi connectivity index (χ1v) is 4.96. The van der Waals surface area contributed by atoms with E-state index in [1.165, 1.54) is 13.2 Å². The third-order valence-corrected chi connectivity index (χ3v) is 1.88. The number of aliphatic carboxylic acids is 1. The molecule has 1 amide bonds. The van der Waals surface area contributed by atoms with E-state index < -0.39 is 28.7 Å². The van der Waals surface area contributed by atoms with Gasteiger partial charge in [0, 0.05) is 24.0 Å². The third kappa shape index (κ3) is 4.84. The molecule has 0 aromatic rings. The van der Waals surface area contributed by atoms with Gasteiger partial charge in [-0.3, -0.25) is 9.00 Å². The number of hydrogen-bond donors (Lipinski definition) is 2. The molecule has 1 unspecified atom stereocenters. The van der Waals surface area contributed by atoms with Crippen LogP contribution in [-0.4, -0.2) is 39.2 Å². The van der Waals surface area contributed by atoms with E-state index in [2.05, 4.69) is 5.32 Å². The summed E-state index contributed by atoms with van der Waals surface area (Å²) >= 11 is 0. The summed E-state index contributed by atoms with van der Waals surface area (Å²) in [6.07, 6.45) is 1.39. The first-order valence-electron chi connectivity index (χ1n) is 3.23. The molecule has 0 aliphatic rings. The van der Waals surface area contributed by atoms with Crippen molar-refractivity contribution in [1.29, 1.82) is 0 Å². The van der Waals surface area contributed by atoms with E-state index in [1.54, 1.807) is 0 Å². The highest BCUT2D eigenvalue weighted by Crippen LogP contribution is 1.87. The van der Waals surface area contributed by atoms with Crippen LogP contribution in [0.4, 0.5) is 0 Å². The Morgan fingerprint density at radius 1 is 1.58 bits per heavy atom. The number of amides is 1. The van der Waals surface area contributed by atoms with E-state index in [0.717, 1.165) is 0 Å². The molecule has 0 spiro atoms. The number of carboxylic acids is 1. The Kier molecular flexibility index (Phi) is 4.50. The zero-order chi connectivity index (χ0) is 9.72. The molecule has 6 heteroatoms. The maximum atomic E-state index is 10.6. The lowest BCUT2D eigenvalue weighted by Gasteiger charge is -2.10. The quantitative estimate of drug-likeness (QED) is 0.597. The molecule has 0 rings (SSSR count). The zero-order valence-corrected chi connectivity index (χ0v) is 7.68. The number of nitrogens with one attached hydrogen (secondary N) is 1. The predicted octanol–water partition coefficient (Wildman–Crippen LogP) is -1.05.